The summed E-state index contributed by atoms with van der Waals surface area (Å²) < 4.78 is 0. The molecule has 3 aliphatic rings. The average molecular weight is 595 g/mol. The van der Waals surface area contributed by atoms with Gasteiger partial charge in [0.2, 0.25) is 11.8 Å². The Morgan fingerprint density at radius 3 is 2.23 bits per heavy atom. The Morgan fingerprint density at radius 1 is 0.953 bits per heavy atom. The highest BCUT2D eigenvalue weighted by Gasteiger charge is 2.38. The summed E-state index contributed by atoms with van der Waals surface area (Å²) in [7, 11) is 0. The molecule has 0 saturated carbocycles. The molecule has 0 bridgehead atoms. The minimum absolute atomic E-state index is 0.000539. The third-order valence-corrected chi connectivity index (χ3v) is 9.79. The second kappa shape index (κ2) is 13.2. The molecule has 3 aliphatic heterocycles. The normalized spacial score (nSPS) is 26.4. The van der Waals surface area contributed by atoms with E-state index in [-0.39, 0.29) is 54.5 Å². The Kier molecular flexibility index (Phi) is 9.87. The van der Waals surface area contributed by atoms with Gasteiger partial charge in [0.15, 0.2) is 0 Å². The molecule has 234 valence electrons. The first-order valence-corrected chi connectivity index (χ1v) is 15.5. The van der Waals surface area contributed by atoms with Gasteiger partial charge in [0.1, 0.15) is 0 Å². The predicted molar refractivity (Wildman–Crippen MR) is 163 cm³/mol. The number of carbonyl (C=O) groups is 4. The number of hydrogen-bond acceptors (Lipinski definition) is 5. The maximum absolute atomic E-state index is 12.5. The number of aromatic amines is 1. The van der Waals surface area contributed by atoms with Crippen LogP contribution < -0.4 is 16.0 Å². The molecule has 4 heterocycles. The fraction of sp³-hybridized carbons (Fsp3) is 0.576. The largest absolute Gasteiger partial charge is 0.481 e. The lowest BCUT2D eigenvalue weighted by Gasteiger charge is -2.18. The maximum atomic E-state index is 12.5. The number of amides is 2. The van der Waals surface area contributed by atoms with Crippen molar-refractivity contribution in [3.05, 3.63) is 56.7 Å². The van der Waals surface area contributed by atoms with Crippen LogP contribution in [-0.4, -0.2) is 51.0 Å². The molecular weight excluding hydrogens is 548 g/mol. The van der Waals surface area contributed by atoms with E-state index < -0.39 is 11.9 Å². The summed E-state index contributed by atoms with van der Waals surface area (Å²) in [5, 5.41) is 28.7. The van der Waals surface area contributed by atoms with Crippen LogP contribution in [0.15, 0.2) is 34.2 Å². The number of hydrogen-bond donors (Lipinski definition) is 6. The van der Waals surface area contributed by atoms with Crippen molar-refractivity contribution in [1.29, 1.82) is 0 Å². The van der Waals surface area contributed by atoms with Crippen LogP contribution in [0.4, 0.5) is 0 Å². The molecule has 3 unspecified atom stereocenters. The lowest BCUT2D eigenvalue weighted by molar-refractivity contribution is -0.138. The number of allylic oxidation sites excluding steroid dienone is 2. The van der Waals surface area contributed by atoms with Crippen LogP contribution in [-0.2, 0) is 38.4 Å². The Balaban J connectivity index is 1.67. The zero-order chi connectivity index (χ0) is 31.6. The maximum Gasteiger partial charge on any atom is 0.303 e. The zero-order valence-corrected chi connectivity index (χ0v) is 26.1. The van der Waals surface area contributed by atoms with Crippen LogP contribution in [0.5, 0.6) is 0 Å². The van der Waals surface area contributed by atoms with Crippen molar-refractivity contribution in [2.45, 2.75) is 105 Å². The van der Waals surface area contributed by atoms with Crippen molar-refractivity contribution in [2.24, 2.45) is 17.8 Å². The Morgan fingerprint density at radius 2 is 1.63 bits per heavy atom. The lowest BCUT2D eigenvalue weighted by Crippen LogP contribution is -2.30. The van der Waals surface area contributed by atoms with Gasteiger partial charge < -0.3 is 31.1 Å². The first kappa shape index (κ1) is 32.1. The predicted octanol–water partition coefficient (Wildman–Crippen LogP) is 4.05. The van der Waals surface area contributed by atoms with Crippen molar-refractivity contribution in [1.82, 2.24) is 20.9 Å². The second-order valence-electron chi connectivity index (χ2n) is 12.3. The highest BCUT2D eigenvalue weighted by Crippen LogP contribution is 2.37. The molecule has 10 nitrogen and oxygen atoms in total. The van der Waals surface area contributed by atoms with Gasteiger partial charge in [-0.05, 0) is 67.4 Å². The van der Waals surface area contributed by atoms with E-state index in [4.69, 9.17) is 0 Å². The standard InChI is InChI=1S/C33H46N4O6/c1-7-20-19(6)32(42)37-27(20)14-25-18(5)23(10-12-31(40)41)29(35-25)15-28-22(9-11-30(38)39)17(4)24(34-28)13-26-16(3)21(8-2)33(43)36-26/h14,18-20,26-27,34-35H,7-13,15H2,1-6H3,(H,36,43)(H,37,42)(H,38,39)(H,40,41)/b25-14-/t18?,19-,20-,26?,27?/m1/s1. The van der Waals surface area contributed by atoms with E-state index in [2.05, 4.69) is 40.9 Å². The molecule has 10 heteroatoms. The number of carbonyl (C=O) groups excluding carboxylic acids is 2. The highest BCUT2D eigenvalue weighted by atomic mass is 16.4. The van der Waals surface area contributed by atoms with Gasteiger partial charge in [-0.2, -0.15) is 0 Å². The van der Waals surface area contributed by atoms with Crippen molar-refractivity contribution in [3.8, 4) is 0 Å². The number of rotatable bonds is 13. The van der Waals surface area contributed by atoms with Gasteiger partial charge in [0.25, 0.3) is 0 Å². The molecule has 1 aromatic rings. The molecule has 0 radical (unpaired) electrons. The van der Waals surface area contributed by atoms with Gasteiger partial charge in [-0.25, -0.2) is 0 Å². The first-order chi connectivity index (χ1) is 20.4. The van der Waals surface area contributed by atoms with Crippen LogP contribution in [0.3, 0.4) is 0 Å². The van der Waals surface area contributed by atoms with E-state index in [0.29, 0.717) is 32.1 Å². The van der Waals surface area contributed by atoms with E-state index in [1.165, 1.54) is 0 Å². The number of aliphatic carboxylic acids is 2. The van der Waals surface area contributed by atoms with E-state index in [1.807, 2.05) is 27.7 Å². The lowest BCUT2D eigenvalue weighted by atomic mass is 9.87. The molecule has 1 aromatic heterocycles. The summed E-state index contributed by atoms with van der Waals surface area (Å²) in [6.07, 6.45) is 5.39. The molecule has 0 aliphatic carbocycles. The average Bonchev–Trinajstić information content (AvgIpc) is 3.59. The minimum Gasteiger partial charge on any atom is -0.481 e. The Labute approximate surface area is 253 Å². The van der Waals surface area contributed by atoms with Crippen LogP contribution in [0.25, 0.3) is 0 Å². The molecule has 0 aromatic carbocycles. The van der Waals surface area contributed by atoms with Crippen LogP contribution in [0, 0.1) is 24.7 Å². The van der Waals surface area contributed by atoms with Crippen molar-refractivity contribution in [2.75, 3.05) is 0 Å². The molecule has 5 atom stereocenters. The van der Waals surface area contributed by atoms with Gasteiger partial charge >= 0.3 is 11.9 Å². The third kappa shape index (κ3) is 6.73. The fourth-order valence-corrected chi connectivity index (χ4v) is 7.09. The van der Waals surface area contributed by atoms with Gasteiger partial charge in [0.05, 0.1) is 12.1 Å². The van der Waals surface area contributed by atoms with Crippen LogP contribution in [0.2, 0.25) is 0 Å². The number of carboxylic acids is 2. The smallest absolute Gasteiger partial charge is 0.303 e. The van der Waals surface area contributed by atoms with Gasteiger partial charge in [-0.1, -0.05) is 34.1 Å². The molecule has 1 saturated heterocycles. The summed E-state index contributed by atoms with van der Waals surface area (Å²) in [5.41, 5.74) is 8.51. The summed E-state index contributed by atoms with van der Waals surface area (Å²) in [6, 6.07) is -0.228. The van der Waals surface area contributed by atoms with Gasteiger partial charge in [-0.15, -0.1) is 0 Å². The van der Waals surface area contributed by atoms with Crippen molar-refractivity contribution < 1.29 is 29.4 Å². The van der Waals surface area contributed by atoms with Gasteiger partial charge in [0, 0.05) is 65.9 Å². The summed E-state index contributed by atoms with van der Waals surface area (Å²) in [4.78, 5) is 51.6. The number of aromatic nitrogens is 1. The molecular formula is C33H46N4O6. The molecule has 1 fully saturated rings. The van der Waals surface area contributed by atoms with E-state index in [0.717, 1.165) is 57.0 Å². The van der Waals surface area contributed by atoms with Crippen LogP contribution >= 0.6 is 0 Å². The summed E-state index contributed by atoms with van der Waals surface area (Å²) in [6.45, 7) is 12.1. The Bertz CT molecular complexity index is 1400. The number of nitrogens with one attached hydrogen (secondary N) is 4. The minimum atomic E-state index is -0.875. The monoisotopic (exact) mass is 594 g/mol. The van der Waals surface area contributed by atoms with Gasteiger partial charge in [-0.3, -0.25) is 19.2 Å². The van der Waals surface area contributed by atoms with Crippen LogP contribution in [0.1, 0.15) is 89.2 Å². The molecule has 6 N–H and O–H groups in total. The molecule has 43 heavy (non-hydrogen) atoms. The summed E-state index contributed by atoms with van der Waals surface area (Å²) in [5.74, 6) is -1.67. The van der Waals surface area contributed by atoms with Crippen molar-refractivity contribution >= 4 is 23.8 Å². The van der Waals surface area contributed by atoms with E-state index in [1.54, 1.807) is 0 Å². The molecule has 4 rings (SSSR count). The van der Waals surface area contributed by atoms with E-state index in [9.17, 15) is 29.4 Å². The van der Waals surface area contributed by atoms with E-state index >= 15 is 0 Å². The number of H-pyrrole nitrogens is 1. The Hall–Kier alpha value is -3.82. The third-order valence-electron chi connectivity index (χ3n) is 9.79. The summed E-state index contributed by atoms with van der Waals surface area (Å²) >= 11 is 0. The zero-order valence-electron chi connectivity index (χ0n) is 26.1. The number of carboxylic acid groups (broad SMARTS) is 2. The first-order valence-electron chi connectivity index (χ1n) is 15.5. The van der Waals surface area contributed by atoms with Crippen molar-refractivity contribution in [3.63, 3.8) is 0 Å². The second-order valence-corrected chi connectivity index (χ2v) is 12.3. The highest BCUT2D eigenvalue weighted by molar-refractivity contribution is 5.97. The topological polar surface area (TPSA) is 161 Å². The SMILES string of the molecule is CCC1=C(C)C(Cc2[nH]c(CC3=C(CCC(=O)O)C(C)/C(=C/C4NC(=O)[C@H](C)[C@H]4CC)N3)c(CCC(=O)O)c2C)NC1=O. The quantitative estimate of drug-likeness (QED) is 0.201. The fourth-order valence-electron chi connectivity index (χ4n) is 7.09. The molecule has 2 amide bonds. The molecule has 0 spiro atoms.